The first-order valence-electron chi connectivity index (χ1n) is 7.34. The SMILES string of the molecule is CCNC(=NCc1nnc(C)n1C)NCCSC(C)(C)C.I. The van der Waals surface area contributed by atoms with Crippen molar-refractivity contribution in [2.24, 2.45) is 12.0 Å². The topological polar surface area (TPSA) is 67.1 Å². The molecule has 2 N–H and O–H groups in total. The molecule has 0 spiro atoms. The number of nitrogens with one attached hydrogen (secondary N) is 2. The third-order valence-electron chi connectivity index (χ3n) is 2.84. The van der Waals surface area contributed by atoms with E-state index in [0.717, 1.165) is 36.5 Å². The van der Waals surface area contributed by atoms with Crippen LogP contribution in [0.2, 0.25) is 0 Å². The van der Waals surface area contributed by atoms with Crippen LogP contribution in [0.4, 0.5) is 0 Å². The number of aromatic nitrogens is 3. The molecule has 0 amide bonds. The summed E-state index contributed by atoms with van der Waals surface area (Å²) in [5.41, 5.74) is 0. The van der Waals surface area contributed by atoms with Crippen LogP contribution in [0.15, 0.2) is 4.99 Å². The molecule has 0 saturated carbocycles. The van der Waals surface area contributed by atoms with E-state index in [0.29, 0.717) is 11.3 Å². The summed E-state index contributed by atoms with van der Waals surface area (Å²) in [5.74, 6) is 3.65. The van der Waals surface area contributed by atoms with Gasteiger partial charge in [-0.15, -0.1) is 34.2 Å². The third-order valence-corrected chi connectivity index (χ3v) is 4.11. The van der Waals surface area contributed by atoms with Gasteiger partial charge in [-0.3, -0.25) is 0 Å². The number of hydrogen-bond donors (Lipinski definition) is 2. The number of guanidine groups is 1. The lowest BCUT2D eigenvalue weighted by Gasteiger charge is -2.18. The van der Waals surface area contributed by atoms with Crippen LogP contribution in [0, 0.1) is 6.92 Å². The molecule has 128 valence electrons. The molecule has 0 bridgehead atoms. The predicted molar refractivity (Wildman–Crippen MR) is 106 cm³/mol. The van der Waals surface area contributed by atoms with E-state index in [2.05, 4.69) is 53.5 Å². The van der Waals surface area contributed by atoms with E-state index in [9.17, 15) is 0 Å². The maximum absolute atomic E-state index is 4.55. The molecule has 0 fully saturated rings. The van der Waals surface area contributed by atoms with Crippen LogP contribution in [-0.2, 0) is 13.6 Å². The number of aliphatic imine (C=N–C) groups is 1. The lowest BCUT2D eigenvalue weighted by Crippen LogP contribution is -2.38. The van der Waals surface area contributed by atoms with Crippen molar-refractivity contribution in [3.05, 3.63) is 11.6 Å². The lowest BCUT2D eigenvalue weighted by molar-refractivity contribution is 0.759. The Morgan fingerprint density at radius 2 is 1.95 bits per heavy atom. The molecule has 0 aliphatic carbocycles. The first kappa shape index (κ1) is 21.5. The first-order chi connectivity index (χ1) is 9.83. The lowest BCUT2D eigenvalue weighted by atomic mass is 10.3. The number of rotatable bonds is 6. The minimum atomic E-state index is 0. The number of nitrogens with zero attached hydrogens (tertiary/aromatic N) is 4. The van der Waals surface area contributed by atoms with Gasteiger partial charge in [0.25, 0.3) is 0 Å². The van der Waals surface area contributed by atoms with Crippen molar-refractivity contribution in [1.82, 2.24) is 25.4 Å². The van der Waals surface area contributed by atoms with Crippen molar-refractivity contribution in [2.75, 3.05) is 18.8 Å². The first-order valence-corrected chi connectivity index (χ1v) is 8.33. The highest BCUT2D eigenvalue weighted by Gasteiger charge is 2.10. The Balaban J connectivity index is 0.00000441. The zero-order chi connectivity index (χ0) is 15.9. The van der Waals surface area contributed by atoms with Crippen LogP contribution < -0.4 is 10.6 Å². The number of thioether (sulfide) groups is 1. The van der Waals surface area contributed by atoms with Crippen LogP contribution in [-0.4, -0.2) is 44.3 Å². The quantitative estimate of drug-likeness (QED) is 0.308. The highest BCUT2D eigenvalue weighted by Crippen LogP contribution is 2.21. The maximum Gasteiger partial charge on any atom is 0.191 e. The average molecular weight is 440 g/mol. The molecule has 6 nitrogen and oxygen atoms in total. The van der Waals surface area contributed by atoms with Gasteiger partial charge < -0.3 is 15.2 Å². The number of halogens is 1. The summed E-state index contributed by atoms with van der Waals surface area (Å²) in [5, 5.41) is 14.8. The van der Waals surface area contributed by atoms with E-state index in [-0.39, 0.29) is 24.0 Å². The summed E-state index contributed by atoms with van der Waals surface area (Å²) >= 11 is 1.94. The van der Waals surface area contributed by atoms with E-state index >= 15 is 0 Å². The maximum atomic E-state index is 4.55. The molecular formula is C14H29IN6S. The molecular weight excluding hydrogens is 411 g/mol. The fourth-order valence-electron chi connectivity index (χ4n) is 1.61. The predicted octanol–water partition coefficient (Wildman–Crippen LogP) is 2.33. The van der Waals surface area contributed by atoms with Crippen molar-refractivity contribution < 1.29 is 0 Å². The molecule has 22 heavy (non-hydrogen) atoms. The highest BCUT2D eigenvalue weighted by molar-refractivity contribution is 14.0. The second-order valence-corrected chi connectivity index (χ2v) is 7.73. The fourth-order valence-corrected chi connectivity index (χ4v) is 2.42. The molecule has 0 aliphatic heterocycles. The molecule has 0 atom stereocenters. The van der Waals surface area contributed by atoms with Gasteiger partial charge in [-0.2, -0.15) is 11.8 Å². The van der Waals surface area contributed by atoms with Gasteiger partial charge in [-0.05, 0) is 13.8 Å². The highest BCUT2D eigenvalue weighted by atomic mass is 127. The van der Waals surface area contributed by atoms with E-state index in [1.807, 2.05) is 30.3 Å². The van der Waals surface area contributed by atoms with Gasteiger partial charge in [0.15, 0.2) is 11.8 Å². The average Bonchev–Trinajstić information content (AvgIpc) is 2.71. The zero-order valence-electron chi connectivity index (χ0n) is 14.4. The molecule has 1 aromatic heterocycles. The van der Waals surface area contributed by atoms with Crippen LogP contribution in [0.3, 0.4) is 0 Å². The van der Waals surface area contributed by atoms with Gasteiger partial charge in [0, 0.05) is 30.6 Å². The van der Waals surface area contributed by atoms with Gasteiger partial charge in [-0.1, -0.05) is 20.8 Å². The Morgan fingerprint density at radius 3 is 2.45 bits per heavy atom. The number of aryl methyl sites for hydroxylation is 1. The minimum Gasteiger partial charge on any atom is -0.357 e. The Hall–Kier alpha value is -0.510. The molecule has 1 aromatic rings. The van der Waals surface area contributed by atoms with Gasteiger partial charge >= 0.3 is 0 Å². The Morgan fingerprint density at radius 1 is 1.27 bits per heavy atom. The Labute approximate surface area is 155 Å². The van der Waals surface area contributed by atoms with Gasteiger partial charge in [0.05, 0.1) is 0 Å². The summed E-state index contributed by atoms with van der Waals surface area (Å²) in [6.07, 6.45) is 0. The van der Waals surface area contributed by atoms with E-state index in [1.54, 1.807) is 0 Å². The van der Waals surface area contributed by atoms with Crippen molar-refractivity contribution in [2.45, 2.75) is 45.9 Å². The van der Waals surface area contributed by atoms with Crippen molar-refractivity contribution in [3.63, 3.8) is 0 Å². The fraction of sp³-hybridized carbons (Fsp3) is 0.786. The van der Waals surface area contributed by atoms with Crippen LogP contribution >= 0.6 is 35.7 Å². The van der Waals surface area contributed by atoms with Gasteiger partial charge in [0.1, 0.15) is 12.4 Å². The summed E-state index contributed by atoms with van der Waals surface area (Å²) < 4.78 is 2.26. The molecule has 8 heteroatoms. The zero-order valence-corrected chi connectivity index (χ0v) is 17.6. The Bertz CT molecular complexity index is 466. The number of hydrogen-bond acceptors (Lipinski definition) is 4. The summed E-state index contributed by atoms with van der Waals surface area (Å²) in [6.45, 7) is 13.0. The molecule has 0 aliphatic rings. The van der Waals surface area contributed by atoms with Crippen molar-refractivity contribution in [1.29, 1.82) is 0 Å². The molecule has 1 rings (SSSR count). The smallest absolute Gasteiger partial charge is 0.191 e. The summed E-state index contributed by atoms with van der Waals surface area (Å²) in [7, 11) is 1.96. The second kappa shape index (κ2) is 10.3. The largest absolute Gasteiger partial charge is 0.357 e. The minimum absolute atomic E-state index is 0. The van der Waals surface area contributed by atoms with E-state index < -0.39 is 0 Å². The van der Waals surface area contributed by atoms with Crippen molar-refractivity contribution >= 4 is 41.7 Å². The second-order valence-electron chi connectivity index (χ2n) is 5.81. The normalized spacial score (nSPS) is 12.0. The third kappa shape index (κ3) is 8.21. The van der Waals surface area contributed by atoms with Crippen LogP contribution in [0.1, 0.15) is 39.3 Å². The standard InChI is InChI=1S/C14H28N6S.HI/c1-7-15-13(16-8-9-21-14(3,4)5)17-10-12-19-18-11(2)20(12)6;/h7-10H2,1-6H3,(H2,15,16,17);1H. The molecule has 0 saturated heterocycles. The molecule has 1 heterocycles. The molecule has 0 unspecified atom stereocenters. The Kier molecular flexibility index (Phi) is 10.1. The van der Waals surface area contributed by atoms with Crippen LogP contribution in [0.5, 0.6) is 0 Å². The van der Waals surface area contributed by atoms with Gasteiger partial charge in [0.2, 0.25) is 0 Å². The summed E-state index contributed by atoms with van der Waals surface area (Å²) in [4.78, 5) is 4.55. The van der Waals surface area contributed by atoms with Gasteiger partial charge in [-0.25, -0.2) is 4.99 Å². The van der Waals surface area contributed by atoms with Crippen molar-refractivity contribution in [3.8, 4) is 0 Å². The van der Waals surface area contributed by atoms with E-state index in [4.69, 9.17) is 0 Å². The monoisotopic (exact) mass is 440 g/mol. The molecule has 0 radical (unpaired) electrons. The summed E-state index contributed by atoms with van der Waals surface area (Å²) in [6, 6.07) is 0. The molecule has 0 aromatic carbocycles. The van der Waals surface area contributed by atoms with E-state index in [1.165, 1.54) is 0 Å². The van der Waals surface area contributed by atoms with Crippen LogP contribution in [0.25, 0.3) is 0 Å².